The van der Waals surface area contributed by atoms with Gasteiger partial charge in [0.2, 0.25) is 0 Å². The molecule has 0 N–H and O–H groups in total. The summed E-state index contributed by atoms with van der Waals surface area (Å²) in [5, 5.41) is 0.858. The molecule has 0 saturated heterocycles. The molecule has 1 rings (SSSR count). The molecular formula is C7H6ClF2Zn. The Labute approximate surface area is 80.1 Å². The van der Waals surface area contributed by atoms with Crippen molar-refractivity contribution in [2.45, 2.75) is 5.02 Å². The van der Waals surface area contributed by atoms with E-state index in [0.29, 0.717) is 0 Å². The maximum absolute atomic E-state index is 12.4. The molecular weight excluding hydrogens is 223 g/mol. The Bertz CT molecular complexity index is 240. The summed E-state index contributed by atoms with van der Waals surface area (Å²) in [6, 6.07) is 4.03. The summed E-state index contributed by atoms with van der Waals surface area (Å²) >= 11 is 1.07. The van der Waals surface area contributed by atoms with E-state index >= 15 is 0 Å². The quantitative estimate of drug-likeness (QED) is 0.648. The zero-order valence-electron chi connectivity index (χ0n) is 5.81. The Kier molecular flexibility index (Phi) is 4.78. The molecule has 0 fully saturated rings. The number of halogens is 3. The van der Waals surface area contributed by atoms with Crippen molar-refractivity contribution in [2.75, 3.05) is 0 Å². The number of hydrogen-bond donors (Lipinski definition) is 0. The van der Waals surface area contributed by atoms with Gasteiger partial charge in [0.25, 0.3) is 0 Å². The van der Waals surface area contributed by atoms with Gasteiger partial charge in [0.05, 0.1) is 0 Å². The molecule has 57 valence electrons. The molecule has 0 atom stereocenters. The predicted molar refractivity (Wildman–Crippen MR) is 37.3 cm³/mol. The molecule has 11 heavy (non-hydrogen) atoms. The fourth-order valence-corrected chi connectivity index (χ4v) is 1.35. The first kappa shape index (κ1) is 11.0. The van der Waals surface area contributed by atoms with Gasteiger partial charge in [-0.15, -0.1) is 12.4 Å². The first-order valence-corrected chi connectivity index (χ1v) is 5.07. The van der Waals surface area contributed by atoms with Crippen LogP contribution in [-0.4, -0.2) is 0 Å². The van der Waals surface area contributed by atoms with Gasteiger partial charge in [-0.25, -0.2) is 0 Å². The average Bonchev–Trinajstić information content (AvgIpc) is 1.95. The summed E-state index contributed by atoms with van der Waals surface area (Å²) in [5.74, 6) is -1.51. The van der Waals surface area contributed by atoms with Crippen LogP contribution in [-0.2, 0) is 23.3 Å². The standard InChI is InChI=1S/C7H5F2.ClH.Zn/c1-5-2-3-6(8)7(9)4-5;;/h2-4H,1H2;1H;. The molecule has 0 heterocycles. The van der Waals surface area contributed by atoms with E-state index in [1.165, 1.54) is 12.1 Å². The second-order valence-corrected chi connectivity index (χ2v) is 3.05. The fraction of sp³-hybridized carbons (Fsp3) is 0.143. The summed E-state index contributed by atoms with van der Waals surface area (Å²) in [6.07, 6.45) is 0. The normalized spacial score (nSPS) is 9.09. The topological polar surface area (TPSA) is 0 Å². The summed E-state index contributed by atoms with van der Waals surface area (Å²) in [4.78, 5) is 0. The van der Waals surface area contributed by atoms with E-state index in [2.05, 4.69) is 0 Å². The van der Waals surface area contributed by atoms with Crippen LogP contribution >= 0.6 is 12.4 Å². The summed E-state index contributed by atoms with van der Waals surface area (Å²) < 4.78 is 24.7. The van der Waals surface area contributed by atoms with Crippen molar-refractivity contribution >= 4 is 12.4 Å². The molecule has 0 spiro atoms. The molecule has 0 amide bonds. The van der Waals surface area contributed by atoms with Crippen LogP contribution in [0.1, 0.15) is 5.56 Å². The first-order valence-electron chi connectivity index (χ1n) is 2.97. The van der Waals surface area contributed by atoms with Crippen molar-refractivity contribution < 1.29 is 27.1 Å². The Morgan fingerprint density at radius 1 is 1.18 bits per heavy atom. The van der Waals surface area contributed by atoms with E-state index in [1.54, 1.807) is 6.07 Å². The Hall–Kier alpha value is -0.00662. The van der Waals surface area contributed by atoms with Crippen LogP contribution in [0, 0.1) is 11.6 Å². The maximum atomic E-state index is 12.4. The number of hydrogen-bond acceptors (Lipinski definition) is 0. The van der Waals surface area contributed by atoms with Crippen LogP contribution in [0.15, 0.2) is 18.2 Å². The fourth-order valence-electron chi connectivity index (χ4n) is 0.695. The van der Waals surface area contributed by atoms with Crippen molar-refractivity contribution in [3.63, 3.8) is 0 Å². The van der Waals surface area contributed by atoms with Gasteiger partial charge in [-0.2, -0.15) is 0 Å². The molecule has 0 nitrogen and oxygen atoms in total. The molecule has 0 saturated carbocycles. The van der Waals surface area contributed by atoms with Crippen LogP contribution < -0.4 is 0 Å². The third-order valence-electron chi connectivity index (χ3n) is 1.27. The second kappa shape index (κ2) is 4.79. The molecule has 1 aromatic carbocycles. The second-order valence-electron chi connectivity index (χ2n) is 2.00. The first-order chi connectivity index (χ1) is 4.74. The van der Waals surface area contributed by atoms with Crippen molar-refractivity contribution in [3.05, 3.63) is 35.4 Å². The third-order valence-corrected chi connectivity index (χ3v) is 2.48. The van der Waals surface area contributed by atoms with Gasteiger partial charge in [-0.3, -0.25) is 0 Å². The van der Waals surface area contributed by atoms with E-state index in [9.17, 15) is 8.78 Å². The third kappa shape index (κ3) is 2.84. The monoisotopic (exact) mass is 227 g/mol. The summed E-state index contributed by atoms with van der Waals surface area (Å²) in [5.41, 5.74) is 0.874. The zero-order chi connectivity index (χ0) is 7.56. The molecule has 0 unspecified atom stereocenters. The van der Waals surface area contributed by atoms with Crippen LogP contribution in [0.3, 0.4) is 0 Å². The van der Waals surface area contributed by atoms with Gasteiger partial charge in [0.1, 0.15) is 0 Å². The van der Waals surface area contributed by atoms with Crippen molar-refractivity contribution in [3.8, 4) is 0 Å². The summed E-state index contributed by atoms with van der Waals surface area (Å²) in [7, 11) is 0. The van der Waals surface area contributed by atoms with E-state index in [1.807, 2.05) is 0 Å². The Balaban J connectivity index is 0.000001000. The molecule has 4 heteroatoms. The Morgan fingerprint density at radius 2 is 1.82 bits per heavy atom. The molecule has 0 radical (unpaired) electrons. The van der Waals surface area contributed by atoms with E-state index in [-0.39, 0.29) is 12.4 Å². The average molecular weight is 229 g/mol. The van der Waals surface area contributed by atoms with Gasteiger partial charge in [0.15, 0.2) is 0 Å². The molecule has 1 aromatic rings. The number of benzene rings is 1. The van der Waals surface area contributed by atoms with Gasteiger partial charge in [-0.05, 0) is 0 Å². The van der Waals surface area contributed by atoms with Crippen LogP contribution in [0.25, 0.3) is 0 Å². The van der Waals surface area contributed by atoms with Gasteiger partial charge in [0, 0.05) is 0 Å². The van der Waals surface area contributed by atoms with Crippen LogP contribution in [0.5, 0.6) is 0 Å². The molecule has 0 aromatic heterocycles. The zero-order valence-corrected chi connectivity index (χ0v) is 9.59. The van der Waals surface area contributed by atoms with Crippen molar-refractivity contribution in [2.24, 2.45) is 0 Å². The summed E-state index contributed by atoms with van der Waals surface area (Å²) in [6.45, 7) is 0. The van der Waals surface area contributed by atoms with Crippen LogP contribution in [0.2, 0.25) is 0 Å². The minimum absolute atomic E-state index is 0. The van der Waals surface area contributed by atoms with Gasteiger partial charge < -0.3 is 0 Å². The van der Waals surface area contributed by atoms with Crippen molar-refractivity contribution in [1.82, 2.24) is 0 Å². The van der Waals surface area contributed by atoms with E-state index in [0.717, 1.165) is 28.9 Å². The van der Waals surface area contributed by atoms with Crippen molar-refractivity contribution in [1.29, 1.82) is 0 Å². The Morgan fingerprint density at radius 3 is 2.27 bits per heavy atom. The van der Waals surface area contributed by atoms with Crippen LogP contribution in [0.4, 0.5) is 8.78 Å². The van der Waals surface area contributed by atoms with E-state index < -0.39 is 11.6 Å². The minimum atomic E-state index is -0.766. The molecule has 0 bridgehead atoms. The molecule has 0 aliphatic heterocycles. The molecule has 0 aliphatic carbocycles. The predicted octanol–water partition coefficient (Wildman–Crippen LogP) is 2.43. The SMILES string of the molecule is Cl.Fc1ccc([CH2][Zn])cc1F. The van der Waals surface area contributed by atoms with Gasteiger partial charge >= 0.3 is 67.5 Å². The number of rotatable bonds is 1. The van der Waals surface area contributed by atoms with Gasteiger partial charge in [-0.1, -0.05) is 0 Å². The molecule has 0 aliphatic rings. The van der Waals surface area contributed by atoms with E-state index in [4.69, 9.17) is 0 Å².